The summed E-state index contributed by atoms with van der Waals surface area (Å²) in [6.07, 6.45) is 2.49. The molecule has 3 nitrogen and oxygen atoms in total. The summed E-state index contributed by atoms with van der Waals surface area (Å²) in [4.78, 5) is 2.40. The van der Waals surface area contributed by atoms with Crippen LogP contribution in [0.5, 0.6) is 5.75 Å². The SMILES string of the molecule is Cc1cccc(CNCC2(C)CCN(C)CC2)c1O. The van der Waals surface area contributed by atoms with Gasteiger partial charge in [0.1, 0.15) is 5.75 Å². The maximum absolute atomic E-state index is 9.99. The summed E-state index contributed by atoms with van der Waals surface area (Å²) >= 11 is 0. The van der Waals surface area contributed by atoms with Gasteiger partial charge in [-0.25, -0.2) is 0 Å². The Morgan fingerprint density at radius 2 is 2.00 bits per heavy atom. The zero-order chi connectivity index (χ0) is 13.9. The molecule has 2 N–H and O–H groups in total. The number of para-hydroxylation sites is 1. The number of phenolic OH excluding ortho intramolecular Hbond substituents is 1. The fourth-order valence-corrected chi connectivity index (χ4v) is 2.70. The van der Waals surface area contributed by atoms with Gasteiger partial charge < -0.3 is 15.3 Å². The molecule has 19 heavy (non-hydrogen) atoms. The van der Waals surface area contributed by atoms with Gasteiger partial charge in [-0.1, -0.05) is 25.1 Å². The lowest BCUT2D eigenvalue weighted by molar-refractivity contribution is 0.136. The largest absolute Gasteiger partial charge is 0.507 e. The Bertz CT molecular complexity index is 423. The number of hydrogen-bond donors (Lipinski definition) is 2. The minimum atomic E-state index is 0.395. The number of likely N-dealkylation sites (tertiary alicyclic amines) is 1. The molecular weight excluding hydrogens is 236 g/mol. The van der Waals surface area contributed by atoms with Crippen molar-refractivity contribution in [2.75, 3.05) is 26.7 Å². The summed E-state index contributed by atoms with van der Waals surface area (Å²) in [5.41, 5.74) is 2.34. The molecule has 1 aromatic rings. The number of nitrogens with zero attached hydrogens (tertiary/aromatic N) is 1. The van der Waals surface area contributed by atoms with Crippen LogP contribution in [0.1, 0.15) is 30.9 Å². The molecule has 0 aliphatic carbocycles. The van der Waals surface area contributed by atoms with E-state index in [1.165, 1.54) is 25.9 Å². The second kappa shape index (κ2) is 5.93. The van der Waals surface area contributed by atoms with Crippen molar-refractivity contribution in [3.8, 4) is 5.75 Å². The Morgan fingerprint density at radius 3 is 2.68 bits per heavy atom. The Labute approximate surface area is 116 Å². The molecule has 0 atom stereocenters. The van der Waals surface area contributed by atoms with Gasteiger partial charge in [-0.3, -0.25) is 0 Å². The van der Waals surface area contributed by atoms with E-state index in [0.29, 0.717) is 11.2 Å². The summed E-state index contributed by atoms with van der Waals surface area (Å²) in [5.74, 6) is 0.434. The molecular formula is C16H26N2O. The fraction of sp³-hybridized carbons (Fsp3) is 0.625. The van der Waals surface area contributed by atoms with Crippen molar-refractivity contribution in [1.82, 2.24) is 10.2 Å². The van der Waals surface area contributed by atoms with Crippen LogP contribution in [0.4, 0.5) is 0 Å². The topological polar surface area (TPSA) is 35.5 Å². The summed E-state index contributed by atoms with van der Waals surface area (Å²) in [7, 11) is 2.19. The number of aryl methyl sites for hydroxylation is 1. The van der Waals surface area contributed by atoms with Crippen LogP contribution in [-0.4, -0.2) is 36.7 Å². The lowest BCUT2D eigenvalue weighted by atomic mass is 9.80. The summed E-state index contributed by atoms with van der Waals surface area (Å²) in [5, 5.41) is 13.5. The first-order chi connectivity index (χ1) is 9.00. The van der Waals surface area contributed by atoms with Gasteiger partial charge in [0.25, 0.3) is 0 Å². The first-order valence-electron chi connectivity index (χ1n) is 7.17. The number of piperidine rings is 1. The van der Waals surface area contributed by atoms with Crippen molar-refractivity contribution in [2.45, 2.75) is 33.2 Å². The van der Waals surface area contributed by atoms with Crippen LogP contribution in [0.3, 0.4) is 0 Å². The molecule has 0 radical (unpaired) electrons. The van der Waals surface area contributed by atoms with Crippen LogP contribution >= 0.6 is 0 Å². The summed E-state index contributed by atoms with van der Waals surface area (Å²) in [6.45, 7) is 8.45. The van der Waals surface area contributed by atoms with E-state index in [0.717, 1.165) is 24.2 Å². The normalized spacial score (nSPS) is 19.5. The van der Waals surface area contributed by atoms with Crippen LogP contribution < -0.4 is 5.32 Å². The first-order valence-corrected chi connectivity index (χ1v) is 7.17. The highest BCUT2D eigenvalue weighted by molar-refractivity contribution is 5.39. The molecule has 1 heterocycles. The highest BCUT2D eigenvalue weighted by atomic mass is 16.3. The van der Waals surface area contributed by atoms with Gasteiger partial charge in [0.15, 0.2) is 0 Å². The van der Waals surface area contributed by atoms with Crippen LogP contribution in [-0.2, 0) is 6.54 Å². The number of benzene rings is 1. The average Bonchev–Trinajstić information content (AvgIpc) is 2.39. The molecule has 1 aliphatic heterocycles. The molecule has 3 heteroatoms. The van der Waals surface area contributed by atoms with E-state index in [2.05, 4.69) is 24.2 Å². The van der Waals surface area contributed by atoms with Crippen LogP contribution in [0.15, 0.2) is 18.2 Å². The van der Waals surface area contributed by atoms with E-state index < -0.39 is 0 Å². The molecule has 106 valence electrons. The predicted octanol–water partition coefficient (Wildman–Crippen LogP) is 2.52. The second-order valence-electron chi connectivity index (χ2n) is 6.30. The Kier molecular flexibility index (Phi) is 4.48. The third kappa shape index (κ3) is 3.71. The number of nitrogens with one attached hydrogen (secondary N) is 1. The van der Waals surface area contributed by atoms with Crippen molar-refractivity contribution in [2.24, 2.45) is 5.41 Å². The highest BCUT2D eigenvalue weighted by Crippen LogP contribution is 2.29. The fourth-order valence-electron chi connectivity index (χ4n) is 2.70. The van der Waals surface area contributed by atoms with Gasteiger partial charge >= 0.3 is 0 Å². The number of aromatic hydroxyl groups is 1. The lowest BCUT2D eigenvalue weighted by Gasteiger charge is -2.38. The maximum atomic E-state index is 9.99. The Balaban J connectivity index is 1.85. The number of hydrogen-bond acceptors (Lipinski definition) is 3. The molecule has 0 bridgehead atoms. The molecule has 0 unspecified atom stereocenters. The molecule has 0 amide bonds. The zero-order valence-corrected chi connectivity index (χ0v) is 12.4. The van der Waals surface area contributed by atoms with E-state index >= 15 is 0 Å². The van der Waals surface area contributed by atoms with E-state index in [9.17, 15) is 5.11 Å². The minimum Gasteiger partial charge on any atom is -0.507 e. The molecule has 1 saturated heterocycles. The first kappa shape index (κ1) is 14.4. The third-order valence-electron chi connectivity index (χ3n) is 4.38. The minimum absolute atomic E-state index is 0.395. The average molecular weight is 262 g/mol. The smallest absolute Gasteiger partial charge is 0.122 e. The lowest BCUT2D eigenvalue weighted by Crippen LogP contribution is -2.41. The van der Waals surface area contributed by atoms with Gasteiger partial charge in [0.2, 0.25) is 0 Å². The van der Waals surface area contributed by atoms with Crippen molar-refractivity contribution in [3.05, 3.63) is 29.3 Å². The van der Waals surface area contributed by atoms with Gasteiger partial charge in [-0.2, -0.15) is 0 Å². The predicted molar refractivity (Wildman–Crippen MR) is 79.4 cm³/mol. The zero-order valence-electron chi connectivity index (χ0n) is 12.4. The second-order valence-corrected chi connectivity index (χ2v) is 6.30. The van der Waals surface area contributed by atoms with E-state index in [1.54, 1.807) is 0 Å². The van der Waals surface area contributed by atoms with Gasteiger partial charge in [0, 0.05) is 18.7 Å². The molecule has 2 rings (SSSR count). The number of rotatable bonds is 4. The van der Waals surface area contributed by atoms with Crippen molar-refractivity contribution in [3.63, 3.8) is 0 Å². The van der Waals surface area contributed by atoms with Gasteiger partial charge in [0.05, 0.1) is 0 Å². The quantitative estimate of drug-likeness (QED) is 0.875. The standard InChI is InChI=1S/C16H26N2O/c1-13-5-4-6-14(15(13)19)11-17-12-16(2)7-9-18(3)10-8-16/h4-6,17,19H,7-12H2,1-3H3. The van der Waals surface area contributed by atoms with E-state index in [1.807, 2.05) is 25.1 Å². The molecule has 0 spiro atoms. The summed E-state index contributed by atoms with van der Waals surface area (Å²) < 4.78 is 0. The van der Waals surface area contributed by atoms with E-state index in [-0.39, 0.29) is 0 Å². The molecule has 0 aromatic heterocycles. The van der Waals surface area contributed by atoms with Gasteiger partial charge in [-0.15, -0.1) is 0 Å². The Morgan fingerprint density at radius 1 is 1.32 bits per heavy atom. The van der Waals surface area contributed by atoms with Crippen molar-refractivity contribution >= 4 is 0 Å². The van der Waals surface area contributed by atoms with Crippen LogP contribution in [0.2, 0.25) is 0 Å². The Hall–Kier alpha value is -1.06. The van der Waals surface area contributed by atoms with Gasteiger partial charge in [-0.05, 0) is 50.9 Å². The summed E-state index contributed by atoms with van der Waals surface area (Å²) in [6, 6.07) is 5.94. The third-order valence-corrected chi connectivity index (χ3v) is 4.38. The molecule has 1 aliphatic rings. The number of phenols is 1. The molecule has 0 saturated carbocycles. The highest BCUT2D eigenvalue weighted by Gasteiger charge is 2.28. The van der Waals surface area contributed by atoms with E-state index in [4.69, 9.17) is 0 Å². The maximum Gasteiger partial charge on any atom is 0.122 e. The van der Waals surface area contributed by atoms with Crippen LogP contribution in [0.25, 0.3) is 0 Å². The monoisotopic (exact) mass is 262 g/mol. The van der Waals surface area contributed by atoms with Crippen molar-refractivity contribution in [1.29, 1.82) is 0 Å². The van der Waals surface area contributed by atoms with Crippen LogP contribution in [0, 0.1) is 12.3 Å². The molecule has 1 aromatic carbocycles. The van der Waals surface area contributed by atoms with Crippen molar-refractivity contribution < 1.29 is 5.11 Å². The molecule has 1 fully saturated rings.